The smallest absolute Gasteiger partial charge is 0.257 e. The molecule has 1 aromatic carbocycles. The summed E-state index contributed by atoms with van der Waals surface area (Å²) < 4.78 is 13.5. The summed E-state index contributed by atoms with van der Waals surface area (Å²) in [6, 6.07) is 5.21. The maximum atomic E-state index is 13.5. The van der Waals surface area contributed by atoms with Crippen LogP contribution in [0.4, 0.5) is 10.1 Å². The Morgan fingerprint density at radius 2 is 1.95 bits per heavy atom. The molecule has 0 aliphatic rings. The Hall–Kier alpha value is -1.36. The van der Waals surface area contributed by atoms with E-state index >= 15 is 0 Å². The molecule has 19 heavy (non-hydrogen) atoms. The third kappa shape index (κ3) is 3.35. The van der Waals surface area contributed by atoms with Gasteiger partial charge in [-0.15, -0.1) is 0 Å². The summed E-state index contributed by atoms with van der Waals surface area (Å²) in [7, 11) is 0. The maximum Gasteiger partial charge on any atom is 0.257 e. The van der Waals surface area contributed by atoms with Crippen molar-refractivity contribution in [1.29, 1.82) is 0 Å². The van der Waals surface area contributed by atoms with Crippen LogP contribution < -0.4 is 5.32 Å². The minimum Gasteiger partial charge on any atom is -0.319 e. The van der Waals surface area contributed by atoms with Crippen molar-refractivity contribution in [3.05, 3.63) is 57.0 Å². The van der Waals surface area contributed by atoms with Gasteiger partial charge in [0, 0.05) is 11.2 Å². The van der Waals surface area contributed by atoms with Crippen molar-refractivity contribution in [3.8, 4) is 0 Å². The van der Waals surface area contributed by atoms with Crippen LogP contribution in [0, 0.1) is 5.82 Å². The average molecular weight is 320 g/mol. The van der Waals surface area contributed by atoms with Crippen molar-refractivity contribution >= 4 is 46.4 Å². The lowest BCUT2D eigenvalue weighted by Crippen LogP contribution is -2.13. The zero-order valence-electron chi connectivity index (χ0n) is 9.25. The second-order valence-electron chi connectivity index (χ2n) is 3.57. The fraction of sp³-hybridized carbons (Fsp3) is 0. The Bertz CT molecular complexity index is 649. The molecule has 0 aliphatic carbocycles. The number of rotatable bonds is 2. The number of hydrogen-bond acceptors (Lipinski definition) is 2. The van der Waals surface area contributed by atoms with Gasteiger partial charge in [0.1, 0.15) is 11.0 Å². The summed E-state index contributed by atoms with van der Waals surface area (Å²) in [5.41, 5.74) is 0.106. The number of amides is 1. The van der Waals surface area contributed by atoms with Gasteiger partial charge in [-0.1, -0.05) is 34.8 Å². The molecule has 98 valence electrons. The van der Waals surface area contributed by atoms with Gasteiger partial charge in [-0.3, -0.25) is 4.79 Å². The van der Waals surface area contributed by atoms with E-state index in [0.717, 1.165) is 6.07 Å². The summed E-state index contributed by atoms with van der Waals surface area (Å²) in [5, 5.41) is 2.85. The number of benzene rings is 1. The van der Waals surface area contributed by atoms with Crippen molar-refractivity contribution < 1.29 is 9.18 Å². The number of carbonyl (C=O) groups is 1. The number of anilines is 1. The molecule has 1 N–H and O–H groups in total. The quantitative estimate of drug-likeness (QED) is 0.832. The van der Waals surface area contributed by atoms with E-state index < -0.39 is 11.7 Å². The van der Waals surface area contributed by atoms with Gasteiger partial charge in [-0.05, 0) is 24.3 Å². The fourth-order valence-corrected chi connectivity index (χ4v) is 1.87. The topological polar surface area (TPSA) is 42.0 Å². The highest BCUT2D eigenvalue weighted by Gasteiger charge is 2.14. The molecule has 2 rings (SSSR count). The van der Waals surface area contributed by atoms with Crippen molar-refractivity contribution in [2.75, 3.05) is 5.32 Å². The van der Waals surface area contributed by atoms with Crippen molar-refractivity contribution in [2.45, 2.75) is 0 Å². The molecule has 0 saturated carbocycles. The lowest BCUT2D eigenvalue weighted by atomic mass is 10.2. The standard InChI is InChI=1S/C12H6Cl3FN2O/c13-6-1-2-10(9(16)3-6)18-12(19)7-4-11(15)17-5-8(7)14/h1-5H,(H,18,19). The normalized spacial score (nSPS) is 10.3. The van der Waals surface area contributed by atoms with Gasteiger partial charge in [0.15, 0.2) is 0 Å². The zero-order chi connectivity index (χ0) is 14.0. The van der Waals surface area contributed by atoms with E-state index in [1.807, 2.05) is 0 Å². The van der Waals surface area contributed by atoms with Crippen molar-refractivity contribution in [2.24, 2.45) is 0 Å². The van der Waals surface area contributed by atoms with E-state index in [1.165, 1.54) is 24.4 Å². The SMILES string of the molecule is O=C(Nc1ccc(Cl)cc1F)c1cc(Cl)ncc1Cl. The number of hydrogen-bond donors (Lipinski definition) is 1. The molecule has 0 fully saturated rings. The highest BCUT2D eigenvalue weighted by atomic mass is 35.5. The Balaban J connectivity index is 2.28. The highest BCUT2D eigenvalue weighted by Crippen LogP contribution is 2.22. The predicted octanol–water partition coefficient (Wildman–Crippen LogP) is 4.43. The number of nitrogens with zero attached hydrogens (tertiary/aromatic N) is 1. The van der Waals surface area contributed by atoms with Gasteiger partial charge in [0.2, 0.25) is 0 Å². The van der Waals surface area contributed by atoms with E-state index in [2.05, 4.69) is 10.3 Å². The van der Waals surface area contributed by atoms with Crippen LogP contribution in [0.3, 0.4) is 0 Å². The molecule has 0 aliphatic heterocycles. The summed E-state index contributed by atoms with van der Waals surface area (Å²) in [6.45, 7) is 0. The second kappa shape index (κ2) is 5.74. The average Bonchev–Trinajstić information content (AvgIpc) is 2.35. The first-order valence-corrected chi connectivity index (χ1v) is 6.18. The lowest BCUT2D eigenvalue weighted by Gasteiger charge is -2.08. The summed E-state index contributed by atoms with van der Waals surface area (Å²) in [6.07, 6.45) is 1.25. The molecule has 0 atom stereocenters. The first-order chi connectivity index (χ1) is 8.97. The van der Waals surface area contributed by atoms with Gasteiger partial charge in [-0.2, -0.15) is 0 Å². The fourth-order valence-electron chi connectivity index (χ4n) is 1.37. The Morgan fingerprint density at radius 3 is 2.63 bits per heavy atom. The molecule has 0 unspecified atom stereocenters. The molecule has 0 saturated heterocycles. The molecule has 1 heterocycles. The molecule has 2 aromatic rings. The van der Waals surface area contributed by atoms with Crippen LogP contribution in [0.25, 0.3) is 0 Å². The molecule has 7 heteroatoms. The number of pyridine rings is 1. The van der Waals surface area contributed by atoms with E-state index in [4.69, 9.17) is 34.8 Å². The number of halogens is 4. The number of aromatic nitrogens is 1. The summed E-state index contributed by atoms with van der Waals surface area (Å²) in [4.78, 5) is 15.7. The van der Waals surface area contributed by atoms with E-state index in [0.29, 0.717) is 0 Å². The van der Waals surface area contributed by atoms with Crippen LogP contribution in [0.1, 0.15) is 10.4 Å². The molecule has 3 nitrogen and oxygen atoms in total. The largest absolute Gasteiger partial charge is 0.319 e. The molecule has 0 bridgehead atoms. The Morgan fingerprint density at radius 1 is 1.21 bits per heavy atom. The van der Waals surface area contributed by atoms with Gasteiger partial charge in [0.25, 0.3) is 5.91 Å². The highest BCUT2D eigenvalue weighted by molar-refractivity contribution is 6.35. The molecular formula is C12H6Cl3FN2O. The Kier molecular flexibility index (Phi) is 4.24. The third-order valence-corrected chi connectivity index (χ3v) is 2.99. The molecule has 1 amide bonds. The second-order valence-corrected chi connectivity index (χ2v) is 4.80. The van der Waals surface area contributed by atoms with E-state index in [-0.39, 0.29) is 26.4 Å². The molecule has 1 aromatic heterocycles. The van der Waals surface area contributed by atoms with Gasteiger partial charge in [-0.25, -0.2) is 9.37 Å². The zero-order valence-corrected chi connectivity index (χ0v) is 11.5. The van der Waals surface area contributed by atoms with Crippen molar-refractivity contribution in [1.82, 2.24) is 4.98 Å². The number of carbonyl (C=O) groups excluding carboxylic acids is 1. The van der Waals surface area contributed by atoms with Crippen LogP contribution in [0.5, 0.6) is 0 Å². The lowest BCUT2D eigenvalue weighted by molar-refractivity contribution is 0.102. The number of nitrogens with one attached hydrogen (secondary N) is 1. The molecule has 0 radical (unpaired) electrons. The van der Waals surface area contributed by atoms with Crippen LogP contribution in [0.2, 0.25) is 15.2 Å². The van der Waals surface area contributed by atoms with Gasteiger partial charge < -0.3 is 5.32 Å². The Labute approximate surface area is 123 Å². The third-order valence-electron chi connectivity index (χ3n) is 2.25. The molecular weight excluding hydrogens is 314 g/mol. The monoisotopic (exact) mass is 318 g/mol. The van der Waals surface area contributed by atoms with Gasteiger partial charge in [0.05, 0.1) is 16.3 Å². The van der Waals surface area contributed by atoms with Crippen LogP contribution in [0.15, 0.2) is 30.5 Å². The van der Waals surface area contributed by atoms with Crippen LogP contribution in [-0.2, 0) is 0 Å². The predicted molar refractivity (Wildman–Crippen MR) is 73.6 cm³/mol. The maximum absolute atomic E-state index is 13.5. The van der Waals surface area contributed by atoms with Crippen LogP contribution >= 0.6 is 34.8 Å². The summed E-state index contributed by atoms with van der Waals surface area (Å²) in [5.74, 6) is -1.23. The van der Waals surface area contributed by atoms with E-state index in [1.54, 1.807) is 0 Å². The van der Waals surface area contributed by atoms with E-state index in [9.17, 15) is 9.18 Å². The summed E-state index contributed by atoms with van der Waals surface area (Å²) >= 11 is 17.1. The van der Waals surface area contributed by atoms with Gasteiger partial charge >= 0.3 is 0 Å². The van der Waals surface area contributed by atoms with Crippen LogP contribution in [-0.4, -0.2) is 10.9 Å². The first-order valence-electron chi connectivity index (χ1n) is 5.05. The minimum absolute atomic E-state index is 0.00148. The molecule has 0 spiro atoms. The first kappa shape index (κ1) is 14.1. The minimum atomic E-state index is -0.642. The van der Waals surface area contributed by atoms with Crippen molar-refractivity contribution in [3.63, 3.8) is 0 Å².